The Labute approximate surface area is 105 Å². The Morgan fingerprint density at radius 1 is 1.44 bits per heavy atom. The zero-order valence-electron chi connectivity index (χ0n) is 9.85. The Hall–Kier alpha value is -0.540. The Bertz CT molecular complexity index is 422. The lowest BCUT2D eigenvalue weighted by Crippen LogP contribution is -2.20. The van der Waals surface area contributed by atoms with Crippen LogP contribution < -0.4 is 0 Å². The van der Waals surface area contributed by atoms with Crippen molar-refractivity contribution in [3.05, 3.63) is 23.5 Å². The van der Waals surface area contributed by atoms with Crippen molar-refractivity contribution in [1.82, 2.24) is 9.38 Å². The predicted octanol–water partition coefficient (Wildman–Crippen LogP) is 3.84. The summed E-state index contributed by atoms with van der Waals surface area (Å²) in [6.07, 6.45) is 5.13. The monoisotopic (exact) mass is 256 g/mol. The van der Waals surface area contributed by atoms with Gasteiger partial charge < -0.3 is 0 Å². The van der Waals surface area contributed by atoms with Crippen molar-refractivity contribution in [2.45, 2.75) is 32.6 Å². The van der Waals surface area contributed by atoms with E-state index >= 15 is 0 Å². The van der Waals surface area contributed by atoms with E-state index in [0.29, 0.717) is 11.8 Å². The molecule has 0 radical (unpaired) electrons. The molecule has 0 aliphatic carbocycles. The number of nitrogens with zero attached hydrogens (tertiary/aromatic N) is 2. The van der Waals surface area contributed by atoms with Crippen LogP contribution in [0, 0.1) is 11.8 Å². The van der Waals surface area contributed by atoms with Gasteiger partial charge in [-0.05, 0) is 25.2 Å². The average Bonchev–Trinajstić information content (AvgIpc) is 2.71. The van der Waals surface area contributed by atoms with Crippen LogP contribution in [0.15, 0.2) is 17.8 Å². The largest absolute Gasteiger partial charge is 0.297 e. The van der Waals surface area contributed by atoms with Crippen molar-refractivity contribution in [2.75, 3.05) is 0 Å². The molecular formula is C12H17ClN2S. The highest BCUT2D eigenvalue weighted by Gasteiger charge is 2.20. The van der Waals surface area contributed by atoms with Crippen molar-refractivity contribution in [1.29, 1.82) is 0 Å². The summed E-state index contributed by atoms with van der Waals surface area (Å²) in [5, 5.41) is 2.25. The van der Waals surface area contributed by atoms with Gasteiger partial charge in [-0.15, -0.1) is 22.9 Å². The zero-order chi connectivity index (χ0) is 11.7. The molecule has 0 aliphatic heterocycles. The third kappa shape index (κ3) is 2.41. The molecule has 16 heavy (non-hydrogen) atoms. The minimum Gasteiger partial charge on any atom is -0.297 e. The highest BCUT2D eigenvalue weighted by atomic mass is 35.5. The van der Waals surface area contributed by atoms with Crippen LogP contribution in [0.25, 0.3) is 4.96 Å². The second kappa shape index (κ2) is 4.76. The van der Waals surface area contributed by atoms with Crippen LogP contribution in [0.1, 0.15) is 26.5 Å². The molecule has 2 unspecified atom stereocenters. The van der Waals surface area contributed by atoms with Crippen molar-refractivity contribution in [3.8, 4) is 0 Å². The van der Waals surface area contributed by atoms with Gasteiger partial charge in [-0.2, -0.15) is 0 Å². The van der Waals surface area contributed by atoms with Crippen LogP contribution in [-0.4, -0.2) is 14.8 Å². The highest BCUT2D eigenvalue weighted by Crippen LogP contribution is 2.24. The molecule has 0 saturated heterocycles. The maximum absolute atomic E-state index is 6.23. The van der Waals surface area contributed by atoms with Crippen molar-refractivity contribution >= 4 is 27.9 Å². The number of imidazole rings is 1. The first-order chi connectivity index (χ1) is 7.58. The van der Waals surface area contributed by atoms with Gasteiger partial charge in [0, 0.05) is 23.2 Å². The highest BCUT2D eigenvalue weighted by molar-refractivity contribution is 7.15. The van der Waals surface area contributed by atoms with Crippen LogP contribution in [0.5, 0.6) is 0 Å². The Kier molecular flexibility index (Phi) is 3.55. The summed E-state index contributed by atoms with van der Waals surface area (Å²) >= 11 is 7.90. The molecule has 0 aliphatic rings. The molecule has 2 rings (SSSR count). The SMILES string of the molecule is CC(C)C(Cc1cn2ccsc2n1)C(C)Cl. The van der Waals surface area contributed by atoms with E-state index in [-0.39, 0.29) is 5.38 Å². The molecule has 0 aromatic carbocycles. The summed E-state index contributed by atoms with van der Waals surface area (Å²) in [6, 6.07) is 0. The topological polar surface area (TPSA) is 17.3 Å². The summed E-state index contributed by atoms with van der Waals surface area (Å²) in [6.45, 7) is 6.52. The third-order valence-electron chi connectivity index (χ3n) is 3.03. The first-order valence-corrected chi connectivity index (χ1v) is 6.94. The van der Waals surface area contributed by atoms with Gasteiger partial charge in [-0.1, -0.05) is 13.8 Å². The summed E-state index contributed by atoms with van der Waals surface area (Å²) in [5.41, 5.74) is 1.15. The number of hydrogen-bond acceptors (Lipinski definition) is 2. The predicted molar refractivity (Wildman–Crippen MR) is 70.4 cm³/mol. The number of halogens is 1. The molecule has 0 saturated carbocycles. The first-order valence-electron chi connectivity index (χ1n) is 5.63. The molecular weight excluding hydrogens is 240 g/mol. The number of alkyl halides is 1. The first kappa shape index (κ1) is 11.9. The van der Waals surface area contributed by atoms with Crippen LogP contribution >= 0.6 is 22.9 Å². The second-order valence-electron chi connectivity index (χ2n) is 4.61. The van der Waals surface area contributed by atoms with E-state index in [0.717, 1.165) is 17.1 Å². The van der Waals surface area contributed by atoms with E-state index in [2.05, 4.69) is 41.7 Å². The summed E-state index contributed by atoms with van der Waals surface area (Å²) < 4.78 is 2.08. The maximum atomic E-state index is 6.23. The molecule has 88 valence electrons. The molecule has 2 atom stereocenters. The standard InChI is InChI=1S/C12H17ClN2S/c1-8(2)11(9(3)13)6-10-7-15-4-5-16-12(15)14-10/h4-5,7-9,11H,6H2,1-3H3. The lowest BCUT2D eigenvalue weighted by atomic mass is 9.89. The molecule has 4 heteroatoms. The normalized spacial score (nSPS) is 15.8. The van der Waals surface area contributed by atoms with Gasteiger partial charge in [0.2, 0.25) is 0 Å². The van der Waals surface area contributed by atoms with Gasteiger partial charge in [0.1, 0.15) is 0 Å². The minimum absolute atomic E-state index is 0.194. The van der Waals surface area contributed by atoms with Gasteiger partial charge in [0.05, 0.1) is 5.69 Å². The van der Waals surface area contributed by atoms with Crippen LogP contribution in [0.4, 0.5) is 0 Å². The third-order valence-corrected chi connectivity index (χ3v) is 4.13. The number of hydrogen-bond donors (Lipinski definition) is 0. The maximum Gasteiger partial charge on any atom is 0.193 e. The molecule has 2 heterocycles. The van der Waals surface area contributed by atoms with Crippen LogP contribution in [-0.2, 0) is 6.42 Å². The van der Waals surface area contributed by atoms with E-state index in [1.54, 1.807) is 11.3 Å². The minimum atomic E-state index is 0.194. The van der Waals surface area contributed by atoms with E-state index in [1.807, 2.05) is 6.20 Å². The molecule has 0 N–H and O–H groups in total. The van der Waals surface area contributed by atoms with Gasteiger partial charge >= 0.3 is 0 Å². The van der Waals surface area contributed by atoms with Gasteiger partial charge in [0.15, 0.2) is 4.96 Å². The van der Waals surface area contributed by atoms with Gasteiger partial charge in [-0.3, -0.25) is 4.40 Å². The molecule has 0 spiro atoms. The number of thiazole rings is 1. The zero-order valence-corrected chi connectivity index (χ0v) is 11.4. The van der Waals surface area contributed by atoms with E-state index in [1.165, 1.54) is 0 Å². The Morgan fingerprint density at radius 3 is 2.75 bits per heavy atom. The van der Waals surface area contributed by atoms with Crippen molar-refractivity contribution in [2.24, 2.45) is 11.8 Å². The molecule has 2 aromatic heterocycles. The molecule has 2 nitrogen and oxygen atoms in total. The summed E-state index contributed by atoms with van der Waals surface area (Å²) in [4.78, 5) is 5.67. The van der Waals surface area contributed by atoms with Crippen LogP contribution in [0.3, 0.4) is 0 Å². The molecule has 0 fully saturated rings. The van der Waals surface area contributed by atoms with E-state index in [4.69, 9.17) is 11.6 Å². The second-order valence-corrected chi connectivity index (χ2v) is 6.18. The quantitative estimate of drug-likeness (QED) is 0.760. The van der Waals surface area contributed by atoms with E-state index in [9.17, 15) is 0 Å². The fourth-order valence-corrected chi connectivity index (χ4v) is 3.14. The Morgan fingerprint density at radius 2 is 2.19 bits per heavy atom. The fourth-order valence-electron chi connectivity index (χ4n) is 2.04. The molecule has 2 aromatic rings. The lowest BCUT2D eigenvalue weighted by Gasteiger charge is -2.22. The Balaban J connectivity index is 2.16. The number of aromatic nitrogens is 2. The smallest absolute Gasteiger partial charge is 0.193 e. The fraction of sp³-hybridized carbons (Fsp3) is 0.583. The van der Waals surface area contributed by atoms with E-state index < -0.39 is 0 Å². The summed E-state index contributed by atoms with van der Waals surface area (Å²) in [7, 11) is 0. The summed E-state index contributed by atoms with van der Waals surface area (Å²) in [5.74, 6) is 1.08. The molecule has 0 bridgehead atoms. The lowest BCUT2D eigenvalue weighted by molar-refractivity contribution is 0.374. The molecule has 0 amide bonds. The number of rotatable bonds is 4. The average molecular weight is 257 g/mol. The van der Waals surface area contributed by atoms with Crippen molar-refractivity contribution < 1.29 is 0 Å². The van der Waals surface area contributed by atoms with Crippen molar-refractivity contribution in [3.63, 3.8) is 0 Å². The number of fused-ring (bicyclic) bond motifs is 1. The van der Waals surface area contributed by atoms with Crippen LogP contribution in [0.2, 0.25) is 0 Å². The van der Waals surface area contributed by atoms with Gasteiger partial charge in [-0.25, -0.2) is 4.98 Å². The van der Waals surface area contributed by atoms with Gasteiger partial charge in [0.25, 0.3) is 0 Å².